The quantitative estimate of drug-likeness (QED) is 0.760. The van der Waals surface area contributed by atoms with E-state index in [9.17, 15) is 13.6 Å². The van der Waals surface area contributed by atoms with Gasteiger partial charge < -0.3 is 10.1 Å². The summed E-state index contributed by atoms with van der Waals surface area (Å²) in [4.78, 5) is 11.5. The van der Waals surface area contributed by atoms with E-state index in [0.717, 1.165) is 12.8 Å². The monoisotopic (exact) mass is 219 g/mol. The Balaban J connectivity index is 1.73. The van der Waals surface area contributed by atoms with Crippen LogP contribution in [-0.4, -0.2) is 31.1 Å². The number of carbonyl (C=O) groups excluding carboxylic acids is 1. The van der Waals surface area contributed by atoms with Gasteiger partial charge in [-0.2, -0.15) is 0 Å². The molecule has 0 aromatic carbocycles. The van der Waals surface area contributed by atoms with Crippen molar-refractivity contribution < 1.29 is 18.3 Å². The van der Waals surface area contributed by atoms with E-state index in [0.29, 0.717) is 13.2 Å². The van der Waals surface area contributed by atoms with Crippen LogP contribution in [0.4, 0.5) is 8.78 Å². The maximum atomic E-state index is 12.5. The Bertz CT molecular complexity index is 244. The van der Waals surface area contributed by atoms with Gasteiger partial charge in [-0.3, -0.25) is 4.79 Å². The van der Waals surface area contributed by atoms with Crippen LogP contribution >= 0.6 is 0 Å². The van der Waals surface area contributed by atoms with E-state index >= 15 is 0 Å². The summed E-state index contributed by atoms with van der Waals surface area (Å²) in [6.07, 6.45) is 0.994. The largest absolute Gasteiger partial charge is 0.381 e. The number of carbonyl (C=O) groups is 1. The first-order valence-corrected chi connectivity index (χ1v) is 5.33. The van der Waals surface area contributed by atoms with Gasteiger partial charge in [-0.05, 0) is 12.8 Å². The maximum absolute atomic E-state index is 12.5. The lowest BCUT2D eigenvalue weighted by Gasteiger charge is -2.35. The average Bonchev–Trinajstić information content (AvgIpc) is 2.15. The molecule has 0 spiro atoms. The van der Waals surface area contributed by atoms with Crippen LogP contribution in [0, 0.1) is 5.92 Å². The van der Waals surface area contributed by atoms with E-state index < -0.39 is 11.8 Å². The second kappa shape index (κ2) is 4.04. The van der Waals surface area contributed by atoms with Crippen molar-refractivity contribution in [2.45, 2.75) is 37.6 Å². The van der Waals surface area contributed by atoms with E-state index in [-0.39, 0.29) is 24.8 Å². The molecule has 0 atom stereocenters. The van der Waals surface area contributed by atoms with Crippen molar-refractivity contribution in [2.24, 2.45) is 5.92 Å². The van der Waals surface area contributed by atoms with Crippen LogP contribution in [0.15, 0.2) is 0 Å². The first-order valence-electron chi connectivity index (χ1n) is 5.33. The third kappa shape index (κ3) is 2.65. The molecule has 3 nitrogen and oxygen atoms in total. The zero-order valence-corrected chi connectivity index (χ0v) is 8.47. The predicted octanol–water partition coefficient (Wildman–Crippen LogP) is 1.33. The van der Waals surface area contributed by atoms with Gasteiger partial charge >= 0.3 is 0 Å². The molecule has 2 rings (SSSR count). The van der Waals surface area contributed by atoms with Crippen molar-refractivity contribution in [3.8, 4) is 0 Å². The number of rotatable bonds is 2. The fraction of sp³-hybridized carbons (Fsp3) is 0.900. The van der Waals surface area contributed by atoms with E-state index in [1.54, 1.807) is 0 Å². The zero-order valence-electron chi connectivity index (χ0n) is 8.47. The van der Waals surface area contributed by atoms with E-state index in [4.69, 9.17) is 4.74 Å². The molecule has 1 amide bonds. The summed E-state index contributed by atoms with van der Waals surface area (Å²) in [5.74, 6) is -3.31. The Morgan fingerprint density at radius 2 is 1.87 bits per heavy atom. The summed E-state index contributed by atoms with van der Waals surface area (Å²) in [6, 6.07) is 0.112. The van der Waals surface area contributed by atoms with Gasteiger partial charge in [0, 0.05) is 38.0 Å². The number of ether oxygens (including phenoxy) is 1. The molecule has 1 N–H and O–H groups in total. The highest BCUT2D eigenvalue weighted by molar-refractivity contribution is 5.80. The van der Waals surface area contributed by atoms with E-state index in [2.05, 4.69) is 5.32 Å². The van der Waals surface area contributed by atoms with Gasteiger partial charge in [-0.15, -0.1) is 0 Å². The van der Waals surface area contributed by atoms with Crippen molar-refractivity contribution in [3.05, 3.63) is 0 Å². The van der Waals surface area contributed by atoms with Crippen LogP contribution in [0.25, 0.3) is 0 Å². The minimum absolute atomic E-state index is 0.112. The number of hydrogen-bond donors (Lipinski definition) is 1. The third-order valence-corrected chi connectivity index (χ3v) is 3.03. The van der Waals surface area contributed by atoms with Crippen LogP contribution in [-0.2, 0) is 9.53 Å². The number of alkyl halides is 2. The molecular weight excluding hydrogens is 204 g/mol. The molecule has 5 heteroatoms. The van der Waals surface area contributed by atoms with Crippen molar-refractivity contribution in [3.63, 3.8) is 0 Å². The Hall–Kier alpha value is -0.710. The van der Waals surface area contributed by atoms with Crippen LogP contribution in [0.2, 0.25) is 0 Å². The summed E-state index contributed by atoms with van der Waals surface area (Å²) < 4.78 is 30.2. The van der Waals surface area contributed by atoms with Crippen LogP contribution in [0.3, 0.4) is 0 Å². The van der Waals surface area contributed by atoms with Gasteiger partial charge in [0.1, 0.15) is 0 Å². The van der Waals surface area contributed by atoms with Crippen molar-refractivity contribution in [1.29, 1.82) is 0 Å². The van der Waals surface area contributed by atoms with Gasteiger partial charge in [0.2, 0.25) is 11.8 Å². The van der Waals surface area contributed by atoms with Gasteiger partial charge in [0.15, 0.2) is 0 Å². The number of nitrogens with one attached hydrogen (secondary N) is 1. The number of halogens is 2. The molecule has 1 saturated heterocycles. The molecule has 0 aromatic rings. The highest BCUT2D eigenvalue weighted by Crippen LogP contribution is 2.42. The number of hydrogen-bond acceptors (Lipinski definition) is 2. The zero-order chi connectivity index (χ0) is 10.9. The lowest BCUT2D eigenvalue weighted by atomic mass is 9.80. The lowest BCUT2D eigenvalue weighted by molar-refractivity contribution is -0.151. The molecule has 2 fully saturated rings. The summed E-state index contributed by atoms with van der Waals surface area (Å²) >= 11 is 0. The summed E-state index contributed by atoms with van der Waals surface area (Å²) in [5, 5.41) is 2.81. The summed E-state index contributed by atoms with van der Waals surface area (Å²) in [7, 11) is 0. The standard InChI is InChI=1S/C10H15F2NO2/c11-10(12)5-7(6-10)9(14)13-8-1-3-15-4-2-8/h7-8H,1-6H2,(H,13,14). The van der Waals surface area contributed by atoms with Gasteiger partial charge in [-0.25, -0.2) is 8.78 Å². The van der Waals surface area contributed by atoms with Gasteiger partial charge in [0.25, 0.3) is 0 Å². The second-order valence-corrected chi connectivity index (χ2v) is 4.36. The smallest absolute Gasteiger partial charge is 0.249 e. The third-order valence-electron chi connectivity index (χ3n) is 3.03. The molecule has 2 aliphatic rings. The van der Waals surface area contributed by atoms with Crippen LogP contribution in [0.1, 0.15) is 25.7 Å². The average molecular weight is 219 g/mol. The Morgan fingerprint density at radius 3 is 2.40 bits per heavy atom. The van der Waals surface area contributed by atoms with Gasteiger partial charge in [0.05, 0.1) is 0 Å². The van der Waals surface area contributed by atoms with E-state index in [1.165, 1.54) is 0 Å². The highest BCUT2D eigenvalue weighted by Gasteiger charge is 2.48. The number of amides is 1. The first kappa shape index (κ1) is 10.8. The Kier molecular flexibility index (Phi) is 2.91. The molecule has 15 heavy (non-hydrogen) atoms. The normalized spacial score (nSPS) is 27.1. The second-order valence-electron chi connectivity index (χ2n) is 4.36. The topological polar surface area (TPSA) is 38.3 Å². The maximum Gasteiger partial charge on any atom is 0.249 e. The van der Waals surface area contributed by atoms with Gasteiger partial charge in [-0.1, -0.05) is 0 Å². The van der Waals surface area contributed by atoms with E-state index in [1.807, 2.05) is 0 Å². The lowest BCUT2D eigenvalue weighted by Crippen LogP contribution is -2.48. The van der Waals surface area contributed by atoms with Crippen molar-refractivity contribution in [1.82, 2.24) is 5.32 Å². The predicted molar refractivity (Wildman–Crippen MR) is 49.7 cm³/mol. The molecular formula is C10H15F2NO2. The molecule has 1 heterocycles. The Labute approximate surface area is 87.2 Å². The molecule has 1 saturated carbocycles. The molecule has 0 unspecified atom stereocenters. The molecule has 86 valence electrons. The molecule has 1 aliphatic heterocycles. The molecule has 0 aromatic heterocycles. The summed E-state index contributed by atoms with van der Waals surface area (Å²) in [6.45, 7) is 1.29. The van der Waals surface area contributed by atoms with Crippen molar-refractivity contribution >= 4 is 5.91 Å². The summed E-state index contributed by atoms with van der Waals surface area (Å²) in [5.41, 5.74) is 0. The fourth-order valence-electron chi connectivity index (χ4n) is 2.01. The minimum Gasteiger partial charge on any atom is -0.381 e. The minimum atomic E-state index is -2.61. The van der Waals surface area contributed by atoms with Crippen LogP contribution < -0.4 is 5.32 Å². The molecule has 0 radical (unpaired) electrons. The fourth-order valence-corrected chi connectivity index (χ4v) is 2.01. The molecule has 0 bridgehead atoms. The highest BCUT2D eigenvalue weighted by atomic mass is 19.3. The first-order chi connectivity index (χ1) is 7.07. The van der Waals surface area contributed by atoms with Crippen LogP contribution in [0.5, 0.6) is 0 Å². The Morgan fingerprint density at radius 1 is 1.27 bits per heavy atom. The SMILES string of the molecule is O=C(NC1CCOCC1)C1CC(F)(F)C1. The molecule has 1 aliphatic carbocycles. The van der Waals surface area contributed by atoms with Crippen molar-refractivity contribution in [2.75, 3.05) is 13.2 Å².